The van der Waals surface area contributed by atoms with Crippen LogP contribution in [0.15, 0.2) is 0 Å². The van der Waals surface area contributed by atoms with Crippen molar-refractivity contribution in [1.82, 2.24) is 9.80 Å². The lowest BCUT2D eigenvalue weighted by Crippen LogP contribution is -2.41. The Balaban J connectivity index is 5.21. The van der Waals surface area contributed by atoms with Crippen LogP contribution in [0, 0.1) is 0 Å². The fraction of sp³-hybridized carbons (Fsp3) is 0.946. The largest absolute Gasteiger partial charge is 0.464 e. The van der Waals surface area contributed by atoms with E-state index in [4.69, 9.17) is 18.9 Å². The van der Waals surface area contributed by atoms with Crippen LogP contribution >= 0.6 is 0 Å². The van der Waals surface area contributed by atoms with Gasteiger partial charge in [0.25, 0.3) is 0 Å². The Labute approximate surface area is 522 Å². The second kappa shape index (κ2) is 69.9. The molecule has 0 spiro atoms. The molecular formula is C74H144N2O8. The molecule has 0 fully saturated rings. The summed E-state index contributed by atoms with van der Waals surface area (Å²) in [5, 5.41) is 0. The van der Waals surface area contributed by atoms with Gasteiger partial charge in [-0.05, 0) is 25.7 Å². The van der Waals surface area contributed by atoms with Gasteiger partial charge in [0.05, 0.1) is 0 Å². The van der Waals surface area contributed by atoms with Crippen LogP contribution in [-0.4, -0.2) is 99.4 Å². The first-order chi connectivity index (χ1) is 41.4. The molecule has 10 heteroatoms. The van der Waals surface area contributed by atoms with E-state index >= 15 is 0 Å². The minimum Gasteiger partial charge on any atom is -0.464 e. The van der Waals surface area contributed by atoms with Crippen molar-refractivity contribution in [1.29, 1.82) is 0 Å². The minimum absolute atomic E-state index is 0.148. The topological polar surface area (TPSA) is 112 Å². The van der Waals surface area contributed by atoms with Crippen molar-refractivity contribution >= 4 is 23.9 Å². The van der Waals surface area contributed by atoms with Crippen LogP contribution in [0.3, 0.4) is 0 Å². The molecule has 0 aliphatic heterocycles. The van der Waals surface area contributed by atoms with Crippen LogP contribution in [0.2, 0.25) is 0 Å². The lowest BCUT2D eigenvalue weighted by atomic mass is 10.0. The molecule has 0 aromatic heterocycles. The van der Waals surface area contributed by atoms with Crippen molar-refractivity contribution in [3.63, 3.8) is 0 Å². The number of ether oxygens (including phenoxy) is 4. The number of hydrogen-bond acceptors (Lipinski definition) is 10. The van der Waals surface area contributed by atoms with Gasteiger partial charge < -0.3 is 18.9 Å². The van der Waals surface area contributed by atoms with Gasteiger partial charge in [0.2, 0.25) is 0 Å². The van der Waals surface area contributed by atoms with Gasteiger partial charge in [-0.25, -0.2) is 0 Å². The van der Waals surface area contributed by atoms with E-state index in [1.54, 1.807) is 0 Å². The molecule has 0 amide bonds. The van der Waals surface area contributed by atoms with Crippen molar-refractivity contribution in [2.45, 2.75) is 387 Å². The minimum atomic E-state index is -0.148. The molecular weight excluding hydrogens is 1040 g/mol. The molecule has 0 atom stereocenters. The number of carbonyl (C=O) groups is 4. The van der Waals surface area contributed by atoms with Crippen molar-refractivity contribution in [2.75, 3.05) is 65.7 Å². The molecule has 0 unspecified atom stereocenters. The first-order valence-electron chi connectivity index (χ1n) is 37.4. The third-order valence-corrected chi connectivity index (χ3v) is 17.4. The first kappa shape index (κ1) is 81.8. The van der Waals surface area contributed by atoms with Crippen LogP contribution in [0.1, 0.15) is 387 Å². The summed E-state index contributed by atoms with van der Waals surface area (Å²) < 4.78 is 23.1. The molecule has 0 rings (SSSR count). The summed E-state index contributed by atoms with van der Waals surface area (Å²) in [4.78, 5) is 55.9. The molecule has 0 aromatic carbocycles. The van der Waals surface area contributed by atoms with E-state index in [2.05, 4.69) is 37.5 Å². The van der Waals surface area contributed by atoms with Gasteiger partial charge in [0.1, 0.15) is 26.4 Å². The zero-order valence-corrected chi connectivity index (χ0v) is 56.8. The average molecular weight is 1190 g/mol. The molecule has 0 saturated carbocycles. The number of nitrogens with zero attached hydrogens (tertiary/aromatic N) is 2. The second-order valence-electron chi connectivity index (χ2n) is 25.5. The zero-order valence-electron chi connectivity index (χ0n) is 56.8. The molecule has 0 heterocycles. The molecule has 0 N–H and O–H groups in total. The number of hydrogen-bond donors (Lipinski definition) is 0. The Bertz CT molecular complexity index is 1170. The van der Waals surface area contributed by atoms with Gasteiger partial charge >= 0.3 is 23.9 Å². The van der Waals surface area contributed by atoms with Gasteiger partial charge in [-0.2, -0.15) is 0 Å². The summed E-state index contributed by atoms with van der Waals surface area (Å²) in [6.45, 7) is 13.6. The van der Waals surface area contributed by atoms with E-state index in [9.17, 15) is 19.2 Å². The van der Waals surface area contributed by atoms with Crippen LogP contribution in [0.4, 0.5) is 0 Å². The van der Waals surface area contributed by atoms with Crippen molar-refractivity contribution < 1.29 is 38.1 Å². The standard InChI is InChI=1S/C74H144N2O8/c1-5-9-13-17-21-25-29-33-37-41-45-49-53-57-71(77)81-67-63-75(64-68-82-72(78)58-54-50-46-42-38-34-30-26-22-18-14-10-6-2)61-62-76(65-69-83-73(79)59-55-51-47-43-39-35-31-27-23-19-15-11-7-3)66-70-84-74(80)60-56-52-48-44-40-36-32-28-24-20-16-12-8-4/h5-70H2,1-4H3. The predicted molar refractivity (Wildman–Crippen MR) is 358 cm³/mol. The Kier molecular flexibility index (Phi) is 68.1. The maximum absolute atomic E-state index is 12.9. The molecule has 10 nitrogen and oxygen atoms in total. The lowest BCUT2D eigenvalue weighted by Gasteiger charge is -2.27. The predicted octanol–water partition coefficient (Wildman–Crippen LogP) is 21.7. The summed E-state index contributed by atoms with van der Waals surface area (Å²) in [5.41, 5.74) is 0. The fourth-order valence-corrected chi connectivity index (χ4v) is 11.5. The Morgan fingerprint density at radius 3 is 0.464 bits per heavy atom. The highest BCUT2D eigenvalue weighted by Crippen LogP contribution is 2.18. The molecule has 84 heavy (non-hydrogen) atoms. The summed E-state index contributed by atoms with van der Waals surface area (Å²) in [6.07, 6.45) is 67.6. The zero-order chi connectivity index (χ0) is 61.0. The summed E-state index contributed by atoms with van der Waals surface area (Å²) in [5.74, 6) is -0.592. The van der Waals surface area contributed by atoms with Crippen LogP contribution in [0.25, 0.3) is 0 Å². The van der Waals surface area contributed by atoms with Gasteiger partial charge in [-0.1, -0.05) is 336 Å². The van der Waals surface area contributed by atoms with E-state index in [1.807, 2.05) is 0 Å². The van der Waals surface area contributed by atoms with Gasteiger partial charge in [-0.15, -0.1) is 0 Å². The van der Waals surface area contributed by atoms with E-state index in [1.165, 1.54) is 283 Å². The Morgan fingerprint density at radius 1 is 0.190 bits per heavy atom. The Morgan fingerprint density at radius 2 is 0.321 bits per heavy atom. The molecule has 0 aliphatic carbocycles. The number of carbonyl (C=O) groups excluding carboxylic acids is 4. The lowest BCUT2D eigenvalue weighted by molar-refractivity contribution is -0.146. The van der Waals surface area contributed by atoms with Crippen molar-refractivity contribution in [3.05, 3.63) is 0 Å². The molecule has 0 aliphatic rings. The molecule has 0 radical (unpaired) electrons. The average Bonchev–Trinajstić information content (AvgIpc) is 3.48. The van der Waals surface area contributed by atoms with Crippen LogP contribution in [-0.2, 0) is 38.1 Å². The van der Waals surface area contributed by atoms with Gasteiger partial charge in [0.15, 0.2) is 0 Å². The monoisotopic (exact) mass is 1190 g/mol. The smallest absolute Gasteiger partial charge is 0.305 e. The van der Waals surface area contributed by atoms with Crippen LogP contribution < -0.4 is 0 Å². The maximum Gasteiger partial charge on any atom is 0.305 e. The highest BCUT2D eigenvalue weighted by atomic mass is 16.5. The van der Waals surface area contributed by atoms with Crippen molar-refractivity contribution in [3.8, 4) is 0 Å². The quantitative estimate of drug-likeness (QED) is 0.0331. The van der Waals surface area contributed by atoms with Crippen molar-refractivity contribution in [2.24, 2.45) is 0 Å². The molecule has 0 bridgehead atoms. The van der Waals surface area contributed by atoms with Gasteiger partial charge in [0, 0.05) is 65.0 Å². The summed E-state index contributed by atoms with van der Waals surface area (Å²) in [7, 11) is 0. The van der Waals surface area contributed by atoms with E-state index < -0.39 is 0 Å². The summed E-state index contributed by atoms with van der Waals surface area (Å²) >= 11 is 0. The normalized spacial score (nSPS) is 11.5. The Hall–Kier alpha value is -2.20. The maximum atomic E-state index is 12.9. The molecule has 498 valence electrons. The van der Waals surface area contributed by atoms with E-state index in [-0.39, 0.29) is 50.3 Å². The highest BCUT2D eigenvalue weighted by Gasteiger charge is 2.15. The summed E-state index contributed by atoms with van der Waals surface area (Å²) in [6, 6.07) is 0. The fourth-order valence-electron chi connectivity index (χ4n) is 11.5. The second-order valence-corrected chi connectivity index (χ2v) is 25.5. The van der Waals surface area contributed by atoms with E-state index in [0.29, 0.717) is 65.0 Å². The number of rotatable bonds is 71. The van der Waals surface area contributed by atoms with Crippen LogP contribution in [0.5, 0.6) is 0 Å². The molecule has 0 saturated heterocycles. The van der Waals surface area contributed by atoms with E-state index in [0.717, 1.165) is 51.4 Å². The van der Waals surface area contributed by atoms with Gasteiger partial charge in [-0.3, -0.25) is 29.0 Å². The third-order valence-electron chi connectivity index (χ3n) is 17.4. The number of unbranched alkanes of at least 4 members (excludes halogenated alkanes) is 48. The SMILES string of the molecule is CCCCCCCCCCCCCCCC(=O)OCCN(CCOC(=O)CCCCCCCCCCCCCCC)CCN(CCOC(=O)CCCCCCCCCCCCCCC)CCOC(=O)CCCCCCCCCCCCCCC. The third kappa shape index (κ3) is 65.8. The first-order valence-corrected chi connectivity index (χ1v) is 37.4. The highest BCUT2D eigenvalue weighted by molar-refractivity contribution is 5.70. The number of esters is 4. The molecule has 0 aromatic rings.